The average molecular weight is 348 g/mol. The number of aromatic carboxylic acids is 1. The zero-order valence-corrected chi connectivity index (χ0v) is 13.8. The molecule has 3 rings (SSSR count). The van der Waals surface area contributed by atoms with Crippen LogP contribution in [0.25, 0.3) is 0 Å². The molecule has 3 aromatic rings. The molecule has 3 aromatic carbocycles. The lowest BCUT2D eigenvalue weighted by Gasteiger charge is -2.13. The Morgan fingerprint density at radius 2 is 1.54 bits per heavy atom. The summed E-state index contributed by atoms with van der Waals surface area (Å²) in [4.78, 5) is 23.9. The number of esters is 1. The van der Waals surface area contributed by atoms with Crippen molar-refractivity contribution in [3.63, 3.8) is 0 Å². The second-order valence-electron chi connectivity index (χ2n) is 5.69. The first-order valence-corrected chi connectivity index (χ1v) is 7.95. The minimum absolute atomic E-state index is 0.0661. The van der Waals surface area contributed by atoms with E-state index in [0.717, 1.165) is 5.56 Å². The molecule has 0 bridgehead atoms. The predicted octanol–water partition coefficient (Wildman–Crippen LogP) is 3.90. The Labute approximate surface area is 150 Å². The Kier molecular flexibility index (Phi) is 4.99. The molecule has 5 nitrogen and oxygen atoms in total. The van der Waals surface area contributed by atoms with E-state index in [1.807, 2.05) is 0 Å². The van der Waals surface area contributed by atoms with E-state index in [2.05, 4.69) is 0 Å². The van der Waals surface area contributed by atoms with Crippen LogP contribution in [-0.4, -0.2) is 22.2 Å². The molecule has 130 valence electrons. The molecule has 0 atom stereocenters. The molecule has 0 aliphatic carbocycles. The van der Waals surface area contributed by atoms with Gasteiger partial charge in [-0.3, -0.25) is 0 Å². The quantitative estimate of drug-likeness (QED) is 0.540. The van der Waals surface area contributed by atoms with Crippen LogP contribution in [0.2, 0.25) is 0 Å². The molecule has 0 aromatic heterocycles. The minimum atomic E-state index is -1.10. The molecule has 0 saturated carbocycles. The second kappa shape index (κ2) is 7.53. The molecule has 0 saturated heterocycles. The van der Waals surface area contributed by atoms with Gasteiger partial charge in [-0.15, -0.1) is 0 Å². The molecule has 0 aliphatic rings. The maximum Gasteiger partial charge on any atom is 0.343 e. The zero-order chi connectivity index (χ0) is 18.5. The van der Waals surface area contributed by atoms with Crippen molar-refractivity contribution in [2.75, 3.05) is 0 Å². The van der Waals surface area contributed by atoms with Crippen LogP contribution < -0.4 is 4.74 Å². The van der Waals surface area contributed by atoms with Crippen molar-refractivity contribution in [2.45, 2.75) is 6.42 Å². The molecule has 0 spiro atoms. The van der Waals surface area contributed by atoms with E-state index < -0.39 is 11.9 Å². The van der Waals surface area contributed by atoms with E-state index in [0.29, 0.717) is 11.1 Å². The van der Waals surface area contributed by atoms with E-state index in [9.17, 15) is 19.8 Å². The van der Waals surface area contributed by atoms with Gasteiger partial charge in [0.1, 0.15) is 11.5 Å². The van der Waals surface area contributed by atoms with Crippen LogP contribution in [0.3, 0.4) is 0 Å². The molecule has 0 heterocycles. The number of benzene rings is 3. The van der Waals surface area contributed by atoms with E-state index in [4.69, 9.17) is 4.74 Å². The lowest BCUT2D eigenvalue weighted by Crippen LogP contribution is -2.12. The van der Waals surface area contributed by atoms with Gasteiger partial charge >= 0.3 is 11.9 Å². The van der Waals surface area contributed by atoms with E-state index in [1.54, 1.807) is 48.5 Å². The number of phenolic OH excluding ortho intramolecular Hbond substituents is 1. The summed E-state index contributed by atoms with van der Waals surface area (Å²) in [5.41, 5.74) is 1.63. The van der Waals surface area contributed by atoms with Gasteiger partial charge in [-0.25, -0.2) is 9.59 Å². The van der Waals surface area contributed by atoms with Gasteiger partial charge in [-0.1, -0.05) is 36.4 Å². The lowest BCUT2D eigenvalue weighted by atomic mass is 9.98. The van der Waals surface area contributed by atoms with Crippen LogP contribution in [0, 0.1) is 0 Å². The molecule has 26 heavy (non-hydrogen) atoms. The van der Waals surface area contributed by atoms with E-state index in [-0.39, 0.29) is 23.5 Å². The molecular weight excluding hydrogens is 332 g/mol. The van der Waals surface area contributed by atoms with Crippen LogP contribution in [0.15, 0.2) is 72.8 Å². The van der Waals surface area contributed by atoms with Crippen molar-refractivity contribution in [3.8, 4) is 11.5 Å². The topological polar surface area (TPSA) is 83.8 Å². The van der Waals surface area contributed by atoms with Crippen molar-refractivity contribution < 1.29 is 24.5 Å². The van der Waals surface area contributed by atoms with Gasteiger partial charge in [0.2, 0.25) is 0 Å². The Bertz CT molecular complexity index is 930. The third-order valence-electron chi connectivity index (χ3n) is 3.89. The van der Waals surface area contributed by atoms with Crippen LogP contribution in [0.5, 0.6) is 11.5 Å². The first kappa shape index (κ1) is 17.2. The molecule has 0 radical (unpaired) electrons. The van der Waals surface area contributed by atoms with Crippen LogP contribution in [0.1, 0.15) is 31.8 Å². The van der Waals surface area contributed by atoms with Crippen molar-refractivity contribution in [3.05, 3.63) is 95.1 Å². The van der Waals surface area contributed by atoms with Crippen molar-refractivity contribution in [2.24, 2.45) is 0 Å². The molecule has 0 unspecified atom stereocenters. The summed E-state index contributed by atoms with van der Waals surface area (Å²) in [6.45, 7) is 0. The maximum absolute atomic E-state index is 12.3. The fourth-order valence-electron chi connectivity index (χ4n) is 2.59. The Morgan fingerprint density at radius 1 is 0.846 bits per heavy atom. The SMILES string of the molecule is O=C(Oc1cccc(C(=O)O)c1Cc1ccc(O)cc1)c1ccccc1. The maximum atomic E-state index is 12.3. The highest BCUT2D eigenvalue weighted by molar-refractivity contribution is 5.93. The molecule has 0 fully saturated rings. The third kappa shape index (κ3) is 3.89. The van der Waals surface area contributed by atoms with Crippen molar-refractivity contribution in [1.82, 2.24) is 0 Å². The monoisotopic (exact) mass is 348 g/mol. The number of rotatable bonds is 5. The number of ether oxygens (including phenoxy) is 1. The van der Waals surface area contributed by atoms with Crippen LogP contribution >= 0.6 is 0 Å². The normalized spacial score (nSPS) is 10.3. The number of hydrogen-bond donors (Lipinski definition) is 2. The van der Waals surface area contributed by atoms with Crippen molar-refractivity contribution in [1.29, 1.82) is 0 Å². The van der Waals surface area contributed by atoms with Gasteiger partial charge in [0.15, 0.2) is 0 Å². The van der Waals surface area contributed by atoms with Gasteiger partial charge in [-0.05, 0) is 42.0 Å². The summed E-state index contributed by atoms with van der Waals surface area (Å²) in [7, 11) is 0. The highest BCUT2D eigenvalue weighted by Crippen LogP contribution is 2.27. The summed E-state index contributed by atoms with van der Waals surface area (Å²) >= 11 is 0. The first-order valence-electron chi connectivity index (χ1n) is 7.95. The number of phenols is 1. The smallest absolute Gasteiger partial charge is 0.343 e. The Hall–Kier alpha value is -3.60. The molecule has 2 N–H and O–H groups in total. The summed E-state index contributed by atoms with van der Waals surface area (Å²) in [5, 5.41) is 18.9. The number of hydrogen-bond acceptors (Lipinski definition) is 4. The molecule has 5 heteroatoms. The number of carboxylic acid groups (broad SMARTS) is 1. The van der Waals surface area contributed by atoms with Gasteiger partial charge < -0.3 is 14.9 Å². The van der Waals surface area contributed by atoms with Gasteiger partial charge in [0.25, 0.3) is 0 Å². The summed E-state index contributed by atoms with van der Waals surface area (Å²) in [6.07, 6.45) is 0.250. The van der Waals surface area contributed by atoms with Crippen LogP contribution in [-0.2, 0) is 6.42 Å². The van der Waals surface area contributed by atoms with E-state index in [1.165, 1.54) is 24.3 Å². The zero-order valence-electron chi connectivity index (χ0n) is 13.8. The fraction of sp³-hybridized carbons (Fsp3) is 0.0476. The highest BCUT2D eigenvalue weighted by Gasteiger charge is 2.18. The average Bonchev–Trinajstić information content (AvgIpc) is 2.65. The molecule has 0 amide bonds. The van der Waals surface area contributed by atoms with E-state index >= 15 is 0 Å². The third-order valence-corrected chi connectivity index (χ3v) is 3.89. The number of carboxylic acids is 1. The Balaban J connectivity index is 1.96. The van der Waals surface area contributed by atoms with Gasteiger partial charge in [-0.2, -0.15) is 0 Å². The van der Waals surface area contributed by atoms with Gasteiger partial charge in [0.05, 0.1) is 11.1 Å². The lowest BCUT2D eigenvalue weighted by molar-refractivity contribution is 0.0685. The first-order chi connectivity index (χ1) is 12.5. The number of aromatic hydroxyl groups is 1. The summed E-state index contributed by atoms with van der Waals surface area (Å²) in [6, 6.07) is 19.5. The largest absolute Gasteiger partial charge is 0.508 e. The number of carbonyl (C=O) groups is 2. The molecular formula is C21H16O5. The standard InChI is InChI=1S/C21H16O5/c22-16-11-9-14(10-12-16)13-18-17(20(23)24)7-4-8-19(18)26-21(25)15-5-2-1-3-6-15/h1-12,22H,13H2,(H,23,24). The highest BCUT2D eigenvalue weighted by atomic mass is 16.5. The second-order valence-corrected chi connectivity index (χ2v) is 5.69. The number of carbonyl (C=O) groups excluding carboxylic acids is 1. The molecule has 0 aliphatic heterocycles. The summed E-state index contributed by atoms with van der Waals surface area (Å²) < 4.78 is 5.47. The van der Waals surface area contributed by atoms with Crippen molar-refractivity contribution >= 4 is 11.9 Å². The minimum Gasteiger partial charge on any atom is -0.508 e. The van der Waals surface area contributed by atoms with Gasteiger partial charge in [0, 0.05) is 12.0 Å². The fourth-order valence-corrected chi connectivity index (χ4v) is 2.59. The Morgan fingerprint density at radius 3 is 2.19 bits per heavy atom. The predicted molar refractivity (Wildman–Crippen MR) is 95.7 cm³/mol. The summed E-state index contributed by atoms with van der Waals surface area (Å²) in [5.74, 6) is -1.33. The van der Waals surface area contributed by atoms with Crippen LogP contribution in [0.4, 0.5) is 0 Å².